The molecule has 0 fully saturated rings. The van der Waals surface area contributed by atoms with Crippen LogP contribution in [0.1, 0.15) is 13.3 Å². The molecule has 0 aliphatic heterocycles. The number of aliphatic carboxylic acids is 1. The zero-order valence-corrected chi connectivity index (χ0v) is 8.30. The van der Waals surface area contributed by atoms with Crippen LogP contribution in [0.2, 0.25) is 0 Å². The largest absolute Gasteiger partial charge is 0.480 e. The zero-order chi connectivity index (χ0) is 12.0. The number of carbonyl (C=O) groups is 2. The molecule has 3 atom stereocenters. The van der Waals surface area contributed by atoms with Gasteiger partial charge in [-0.15, -0.1) is 12.3 Å². The quantitative estimate of drug-likeness (QED) is 0.407. The monoisotopic (exact) mass is 214 g/mol. The first kappa shape index (κ1) is 13.4. The summed E-state index contributed by atoms with van der Waals surface area (Å²) in [6.45, 7) is 1.26. The van der Waals surface area contributed by atoms with Crippen molar-refractivity contribution in [3.8, 4) is 12.3 Å². The van der Waals surface area contributed by atoms with Crippen LogP contribution in [0.25, 0.3) is 0 Å². The molecule has 0 saturated heterocycles. The van der Waals surface area contributed by atoms with Gasteiger partial charge >= 0.3 is 5.97 Å². The van der Waals surface area contributed by atoms with Gasteiger partial charge in [-0.3, -0.25) is 4.79 Å². The lowest BCUT2D eigenvalue weighted by Crippen LogP contribution is -2.52. The number of nitrogens with one attached hydrogen (secondary N) is 1. The third-order valence-corrected chi connectivity index (χ3v) is 1.72. The molecule has 0 heterocycles. The fourth-order valence-corrected chi connectivity index (χ4v) is 0.869. The van der Waals surface area contributed by atoms with Crippen molar-refractivity contribution >= 4 is 11.9 Å². The minimum Gasteiger partial charge on any atom is -0.480 e. The van der Waals surface area contributed by atoms with E-state index in [0.717, 1.165) is 0 Å². The van der Waals surface area contributed by atoms with Crippen LogP contribution < -0.4 is 11.1 Å². The van der Waals surface area contributed by atoms with E-state index in [9.17, 15) is 9.59 Å². The summed E-state index contributed by atoms with van der Waals surface area (Å²) in [6.07, 6.45) is 3.75. The number of carbonyl (C=O) groups excluding carboxylic acids is 1. The Bertz CT molecular complexity index is 282. The number of carboxylic acid groups (broad SMARTS) is 1. The molecule has 0 rings (SSSR count). The molecule has 0 radical (unpaired) electrons. The molecule has 0 bridgehead atoms. The lowest BCUT2D eigenvalue weighted by atomic mass is 10.1. The summed E-state index contributed by atoms with van der Waals surface area (Å²) in [5.41, 5.74) is 5.35. The molecular formula is C9H14N2O4. The number of aliphatic hydroxyl groups is 1. The first-order valence-electron chi connectivity index (χ1n) is 4.30. The van der Waals surface area contributed by atoms with Gasteiger partial charge < -0.3 is 21.3 Å². The number of nitrogens with two attached hydrogens (primary N) is 1. The highest BCUT2D eigenvalue weighted by Crippen LogP contribution is 1.95. The molecule has 1 amide bonds. The first-order valence-corrected chi connectivity index (χ1v) is 4.30. The SMILES string of the molecule is C#CCC(N)C(=O)N[C@H](C(=O)O)[C@@H](C)O. The van der Waals surface area contributed by atoms with Crippen molar-refractivity contribution in [2.75, 3.05) is 0 Å². The van der Waals surface area contributed by atoms with Gasteiger partial charge in [-0.2, -0.15) is 0 Å². The average Bonchev–Trinajstić information content (AvgIpc) is 2.12. The highest BCUT2D eigenvalue weighted by atomic mass is 16.4. The van der Waals surface area contributed by atoms with E-state index in [4.69, 9.17) is 22.4 Å². The van der Waals surface area contributed by atoms with E-state index in [2.05, 4.69) is 11.2 Å². The van der Waals surface area contributed by atoms with Gasteiger partial charge in [0.15, 0.2) is 6.04 Å². The molecule has 0 aromatic carbocycles. The molecule has 0 aromatic rings. The zero-order valence-electron chi connectivity index (χ0n) is 8.30. The number of carboxylic acids is 1. The van der Waals surface area contributed by atoms with E-state index in [1.54, 1.807) is 0 Å². The van der Waals surface area contributed by atoms with Crippen LogP contribution >= 0.6 is 0 Å². The smallest absolute Gasteiger partial charge is 0.328 e. The molecule has 6 nitrogen and oxygen atoms in total. The number of rotatable bonds is 5. The number of hydrogen-bond donors (Lipinski definition) is 4. The molecule has 5 N–H and O–H groups in total. The van der Waals surface area contributed by atoms with Crippen molar-refractivity contribution in [2.24, 2.45) is 5.73 Å². The molecule has 0 saturated carbocycles. The maximum atomic E-state index is 11.2. The third kappa shape index (κ3) is 4.44. The second-order valence-electron chi connectivity index (χ2n) is 3.08. The predicted octanol–water partition coefficient (Wildman–Crippen LogP) is -1.71. The molecular weight excluding hydrogens is 200 g/mol. The summed E-state index contributed by atoms with van der Waals surface area (Å²) in [4.78, 5) is 21.8. The van der Waals surface area contributed by atoms with E-state index in [1.165, 1.54) is 6.92 Å². The molecule has 0 aliphatic carbocycles. The van der Waals surface area contributed by atoms with E-state index in [-0.39, 0.29) is 6.42 Å². The summed E-state index contributed by atoms with van der Waals surface area (Å²) in [5.74, 6) is 0.163. The lowest BCUT2D eigenvalue weighted by Gasteiger charge is -2.18. The third-order valence-electron chi connectivity index (χ3n) is 1.72. The fourth-order valence-electron chi connectivity index (χ4n) is 0.869. The van der Waals surface area contributed by atoms with Crippen molar-refractivity contribution in [1.82, 2.24) is 5.32 Å². The Morgan fingerprint density at radius 3 is 2.47 bits per heavy atom. The topological polar surface area (TPSA) is 113 Å². The molecule has 6 heteroatoms. The van der Waals surface area contributed by atoms with Crippen LogP contribution in [-0.4, -0.2) is 40.3 Å². The highest BCUT2D eigenvalue weighted by Gasteiger charge is 2.26. The van der Waals surface area contributed by atoms with Gasteiger partial charge in [-0.1, -0.05) is 0 Å². The van der Waals surface area contributed by atoms with Gasteiger partial charge in [0, 0.05) is 6.42 Å². The van der Waals surface area contributed by atoms with E-state index < -0.39 is 30.1 Å². The van der Waals surface area contributed by atoms with Crippen molar-refractivity contribution in [2.45, 2.75) is 31.5 Å². The Hall–Kier alpha value is -1.58. The Morgan fingerprint density at radius 1 is 1.60 bits per heavy atom. The van der Waals surface area contributed by atoms with Crippen molar-refractivity contribution in [1.29, 1.82) is 0 Å². The van der Waals surface area contributed by atoms with Crippen LogP contribution in [0.4, 0.5) is 0 Å². The standard InChI is InChI=1S/C9H14N2O4/c1-3-4-6(10)8(13)11-7(5(2)12)9(14)15/h1,5-7,12H,4,10H2,2H3,(H,11,13)(H,14,15)/t5-,6?,7+/m1/s1. The van der Waals surface area contributed by atoms with Crippen LogP contribution in [0.15, 0.2) is 0 Å². The maximum absolute atomic E-state index is 11.2. The van der Waals surface area contributed by atoms with Crippen molar-refractivity contribution in [3.63, 3.8) is 0 Å². The second kappa shape index (κ2) is 6.01. The number of terminal acetylenes is 1. The molecule has 0 aliphatic rings. The van der Waals surface area contributed by atoms with Gasteiger partial charge in [0.05, 0.1) is 12.1 Å². The molecule has 15 heavy (non-hydrogen) atoms. The molecule has 0 spiro atoms. The Balaban J connectivity index is 4.37. The number of amides is 1. The van der Waals surface area contributed by atoms with Crippen LogP contribution in [0.3, 0.4) is 0 Å². The van der Waals surface area contributed by atoms with Gasteiger partial charge in [0.1, 0.15) is 0 Å². The van der Waals surface area contributed by atoms with E-state index in [0.29, 0.717) is 0 Å². The number of aliphatic hydroxyl groups excluding tert-OH is 1. The lowest BCUT2D eigenvalue weighted by molar-refractivity contribution is -0.144. The first-order chi connectivity index (χ1) is 6.90. The van der Waals surface area contributed by atoms with Gasteiger partial charge in [-0.25, -0.2) is 4.79 Å². The van der Waals surface area contributed by atoms with Gasteiger partial charge in [0.25, 0.3) is 0 Å². The molecule has 1 unspecified atom stereocenters. The van der Waals surface area contributed by atoms with Crippen LogP contribution in [0.5, 0.6) is 0 Å². The fraction of sp³-hybridized carbons (Fsp3) is 0.556. The molecule has 84 valence electrons. The average molecular weight is 214 g/mol. The summed E-state index contributed by atoms with van der Waals surface area (Å²) < 4.78 is 0. The van der Waals surface area contributed by atoms with Crippen molar-refractivity contribution < 1.29 is 19.8 Å². The maximum Gasteiger partial charge on any atom is 0.328 e. The summed E-state index contributed by atoms with van der Waals surface area (Å²) in [7, 11) is 0. The van der Waals surface area contributed by atoms with Gasteiger partial charge in [-0.05, 0) is 6.92 Å². The minimum atomic E-state index is -1.37. The Morgan fingerprint density at radius 2 is 2.13 bits per heavy atom. The Labute approximate surface area is 87.5 Å². The Kier molecular flexibility index (Phi) is 5.37. The van der Waals surface area contributed by atoms with Crippen LogP contribution in [0, 0.1) is 12.3 Å². The van der Waals surface area contributed by atoms with Gasteiger partial charge in [0.2, 0.25) is 5.91 Å². The summed E-state index contributed by atoms with van der Waals surface area (Å²) >= 11 is 0. The van der Waals surface area contributed by atoms with Crippen LogP contribution in [-0.2, 0) is 9.59 Å². The second-order valence-corrected chi connectivity index (χ2v) is 3.08. The van der Waals surface area contributed by atoms with Crippen molar-refractivity contribution in [3.05, 3.63) is 0 Å². The highest BCUT2D eigenvalue weighted by molar-refractivity contribution is 5.87. The predicted molar refractivity (Wildman–Crippen MR) is 52.7 cm³/mol. The summed E-state index contributed by atoms with van der Waals surface area (Å²) in [6, 6.07) is -2.34. The summed E-state index contributed by atoms with van der Waals surface area (Å²) in [5, 5.41) is 19.8. The normalized spacial score (nSPS) is 15.9. The minimum absolute atomic E-state index is 0.0119. The molecule has 0 aromatic heterocycles. The number of hydrogen-bond acceptors (Lipinski definition) is 4. The van der Waals surface area contributed by atoms with E-state index >= 15 is 0 Å². The van der Waals surface area contributed by atoms with E-state index in [1.807, 2.05) is 0 Å².